The normalized spacial score (nSPS) is 20.1. The first-order chi connectivity index (χ1) is 9.05. The number of alkyl halides is 3. The average molecular weight is 266 g/mol. The van der Waals surface area contributed by atoms with Gasteiger partial charge in [0.1, 0.15) is 0 Å². The lowest BCUT2D eigenvalue weighted by molar-refractivity contribution is -0.136. The van der Waals surface area contributed by atoms with Crippen LogP contribution < -0.4 is 5.32 Å². The summed E-state index contributed by atoms with van der Waals surface area (Å²) in [4.78, 5) is 3.71. The maximum Gasteiger partial charge on any atom is 0.418 e. The van der Waals surface area contributed by atoms with E-state index in [-0.39, 0.29) is 11.4 Å². The summed E-state index contributed by atoms with van der Waals surface area (Å²) in [5.74, 6) is 0. The van der Waals surface area contributed by atoms with E-state index in [4.69, 9.17) is 0 Å². The van der Waals surface area contributed by atoms with E-state index < -0.39 is 11.7 Å². The van der Waals surface area contributed by atoms with Crippen molar-refractivity contribution < 1.29 is 13.2 Å². The Morgan fingerprint density at radius 1 is 1.21 bits per heavy atom. The van der Waals surface area contributed by atoms with Crippen LogP contribution in [0.2, 0.25) is 0 Å². The molecule has 1 aromatic carbocycles. The molecule has 1 N–H and O–H groups in total. The van der Waals surface area contributed by atoms with E-state index in [9.17, 15) is 13.2 Å². The minimum absolute atomic E-state index is 0.212. The van der Waals surface area contributed by atoms with E-state index in [0.29, 0.717) is 5.39 Å². The first kappa shape index (κ1) is 12.4. The van der Waals surface area contributed by atoms with Crippen LogP contribution in [0.25, 0.3) is 10.8 Å². The van der Waals surface area contributed by atoms with E-state index in [2.05, 4.69) is 10.3 Å². The van der Waals surface area contributed by atoms with Crippen molar-refractivity contribution in [3.8, 4) is 0 Å². The van der Waals surface area contributed by atoms with Gasteiger partial charge in [-0.15, -0.1) is 0 Å². The smallest absolute Gasteiger partial charge is 0.310 e. The van der Waals surface area contributed by atoms with Gasteiger partial charge in [-0.3, -0.25) is 4.98 Å². The fraction of sp³-hybridized carbons (Fsp3) is 0.357. The van der Waals surface area contributed by atoms with Gasteiger partial charge in [0.2, 0.25) is 0 Å². The maximum atomic E-state index is 12.9. The van der Waals surface area contributed by atoms with Crippen LogP contribution in [0.1, 0.15) is 30.0 Å². The number of nitrogens with zero attached hydrogens (tertiary/aromatic N) is 1. The minimum Gasteiger partial charge on any atom is -0.310 e. The van der Waals surface area contributed by atoms with Gasteiger partial charge in [0.05, 0.1) is 5.56 Å². The Kier molecular flexibility index (Phi) is 2.93. The number of aromatic nitrogens is 1. The molecule has 0 spiro atoms. The van der Waals surface area contributed by atoms with Crippen LogP contribution >= 0.6 is 0 Å². The standard InChI is InChI=1S/C14H13F3N2/c15-14(16,17)12-8-18-7-10-6-9(3-4-11(10)12)13-2-1-5-19-13/h3-4,6-8,13,19H,1-2,5H2. The van der Waals surface area contributed by atoms with Crippen molar-refractivity contribution in [1.82, 2.24) is 10.3 Å². The van der Waals surface area contributed by atoms with Gasteiger partial charge in [-0.25, -0.2) is 0 Å². The summed E-state index contributed by atoms with van der Waals surface area (Å²) in [5.41, 5.74) is 0.363. The molecule has 2 aromatic rings. The molecule has 2 nitrogen and oxygen atoms in total. The zero-order chi connectivity index (χ0) is 13.5. The third kappa shape index (κ3) is 2.30. The van der Waals surface area contributed by atoms with Crippen molar-refractivity contribution in [3.63, 3.8) is 0 Å². The second-order valence-corrected chi connectivity index (χ2v) is 4.81. The van der Waals surface area contributed by atoms with E-state index >= 15 is 0 Å². The highest BCUT2D eigenvalue weighted by Gasteiger charge is 2.33. The molecule has 19 heavy (non-hydrogen) atoms. The molecule has 1 unspecified atom stereocenters. The monoisotopic (exact) mass is 266 g/mol. The molecular formula is C14H13F3N2. The molecule has 0 radical (unpaired) electrons. The second-order valence-electron chi connectivity index (χ2n) is 4.81. The Bertz CT molecular complexity index is 601. The molecule has 0 bridgehead atoms. The van der Waals surface area contributed by atoms with Gasteiger partial charge in [-0.05, 0) is 36.4 Å². The number of nitrogens with one attached hydrogen (secondary N) is 1. The van der Waals surface area contributed by atoms with Gasteiger partial charge < -0.3 is 5.32 Å². The number of halogens is 3. The molecule has 100 valence electrons. The molecule has 1 atom stereocenters. The zero-order valence-electron chi connectivity index (χ0n) is 10.2. The molecule has 1 aliphatic rings. The molecule has 5 heteroatoms. The van der Waals surface area contributed by atoms with Gasteiger partial charge in [0, 0.05) is 23.8 Å². The summed E-state index contributed by atoms with van der Waals surface area (Å²) >= 11 is 0. The predicted octanol–water partition coefficient (Wildman–Crippen LogP) is 3.68. The fourth-order valence-electron chi connectivity index (χ4n) is 2.61. The highest BCUT2D eigenvalue weighted by Crippen LogP contribution is 2.35. The van der Waals surface area contributed by atoms with Crippen LogP contribution in [-0.4, -0.2) is 11.5 Å². The van der Waals surface area contributed by atoms with Crippen LogP contribution in [0.4, 0.5) is 13.2 Å². The van der Waals surface area contributed by atoms with Gasteiger partial charge in [0.25, 0.3) is 0 Å². The maximum absolute atomic E-state index is 12.9. The van der Waals surface area contributed by atoms with E-state index in [1.807, 2.05) is 0 Å². The van der Waals surface area contributed by atoms with Gasteiger partial charge in [0.15, 0.2) is 0 Å². The van der Waals surface area contributed by atoms with E-state index in [0.717, 1.165) is 31.1 Å². The summed E-state index contributed by atoms with van der Waals surface area (Å²) in [6.45, 7) is 0.962. The van der Waals surface area contributed by atoms with Crippen LogP contribution in [0.5, 0.6) is 0 Å². The van der Waals surface area contributed by atoms with Crippen molar-refractivity contribution in [1.29, 1.82) is 0 Å². The summed E-state index contributed by atoms with van der Waals surface area (Å²) in [7, 11) is 0. The molecular weight excluding hydrogens is 253 g/mol. The molecule has 0 amide bonds. The van der Waals surface area contributed by atoms with Crippen LogP contribution in [0, 0.1) is 0 Å². The minimum atomic E-state index is -4.36. The van der Waals surface area contributed by atoms with Gasteiger partial charge in [-0.1, -0.05) is 12.1 Å². The largest absolute Gasteiger partial charge is 0.418 e. The molecule has 1 fully saturated rings. The van der Waals surface area contributed by atoms with Crippen LogP contribution in [0.3, 0.4) is 0 Å². The van der Waals surface area contributed by atoms with Crippen molar-refractivity contribution in [3.05, 3.63) is 41.7 Å². The predicted molar refractivity (Wildman–Crippen MR) is 66.7 cm³/mol. The lowest BCUT2D eigenvalue weighted by Gasteiger charge is -2.14. The number of hydrogen-bond acceptors (Lipinski definition) is 2. The summed E-state index contributed by atoms with van der Waals surface area (Å²) in [5, 5.41) is 4.09. The van der Waals surface area contributed by atoms with Crippen molar-refractivity contribution in [2.45, 2.75) is 25.1 Å². The first-order valence-corrected chi connectivity index (χ1v) is 6.24. The van der Waals surface area contributed by atoms with Crippen LogP contribution in [0.15, 0.2) is 30.6 Å². The molecule has 1 saturated heterocycles. The highest BCUT2D eigenvalue weighted by atomic mass is 19.4. The van der Waals surface area contributed by atoms with Crippen molar-refractivity contribution in [2.24, 2.45) is 0 Å². The lowest BCUT2D eigenvalue weighted by atomic mass is 10.00. The quantitative estimate of drug-likeness (QED) is 0.851. The number of fused-ring (bicyclic) bond motifs is 1. The average Bonchev–Trinajstić information content (AvgIpc) is 2.90. The topological polar surface area (TPSA) is 24.9 Å². The Balaban J connectivity index is 2.09. The fourth-order valence-corrected chi connectivity index (χ4v) is 2.61. The summed E-state index contributed by atoms with van der Waals surface area (Å²) in [6, 6.07) is 5.38. The lowest BCUT2D eigenvalue weighted by Crippen LogP contribution is -2.13. The third-order valence-corrected chi connectivity index (χ3v) is 3.55. The molecule has 0 aliphatic carbocycles. The Hall–Kier alpha value is -1.62. The van der Waals surface area contributed by atoms with E-state index in [1.165, 1.54) is 6.20 Å². The number of rotatable bonds is 1. The Labute approximate surface area is 108 Å². The van der Waals surface area contributed by atoms with Gasteiger partial charge in [-0.2, -0.15) is 13.2 Å². The van der Waals surface area contributed by atoms with Gasteiger partial charge >= 0.3 is 6.18 Å². The van der Waals surface area contributed by atoms with Crippen molar-refractivity contribution in [2.75, 3.05) is 6.54 Å². The first-order valence-electron chi connectivity index (χ1n) is 6.24. The molecule has 1 aliphatic heterocycles. The summed E-state index contributed by atoms with van der Waals surface area (Å²) < 4.78 is 38.6. The van der Waals surface area contributed by atoms with E-state index in [1.54, 1.807) is 18.2 Å². The summed E-state index contributed by atoms with van der Waals surface area (Å²) in [6.07, 6.45) is 0.139. The number of hydrogen-bond donors (Lipinski definition) is 1. The Morgan fingerprint density at radius 3 is 2.74 bits per heavy atom. The molecule has 2 heterocycles. The molecule has 1 aromatic heterocycles. The molecule has 0 saturated carbocycles. The Morgan fingerprint density at radius 2 is 2.05 bits per heavy atom. The van der Waals surface area contributed by atoms with Crippen LogP contribution in [-0.2, 0) is 6.18 Å². The van der Waals surface area contributed by atoms with Crippen molar-refractivity contribution >= 4 is 10.8 Å². The number of pyridine rings is 1. The zero-order valence-corrected chi connectivity index (χ0v) is 10.2. The SMILES string of the molecule is FC(F)(F)c1cncc2cc(C3CCCN3)ccc12. The third-order valence-electron chi connectivity index (χ3n) is 3.55. The molecule has 3 rings (SSSR count). The number of benzene rings is 1. The highest BCUT2D eigenvalue weighted by molar-refractivity contribution is 5.85. The second kappa shape index (κ2) is 4.49.